The predicted molar refractivity (Wildman–Crippen MR) is 84.5 cm³/mol. The summed E-state index contributed by atoms with van der Waals surface area (Å²) in [6.07, 6.45) is 0. The molecule has 0 saturated heterocycles. The molecular weight excluding hydrogens is 382 g/mol. The minimum Gasteiger partial charge on any atom is -0.489 e. The minimum absolute atomic E-state index is 0.391. The molecule has 0 aliphatic heterocycles. The van der Waals surface area contributed by atoms with E-state index in [1.165, 1.54) is 3.57 Å². The zero-order valence-corrected chi connectivity index (χ0v) is 13.2. The Morgan fingerprint density at radius 3 is 2.44 bits per heavy atom. The van der Waals surface area contributed by atoms with E-state index in [-0.39, 0.29) is 0 Å². The van der Waals surface area contributed by atoms with Crippen molar-refractivity contribution >= 4 is 45.8 Å². The van der Waals surface area contributed by atoms with Crippen molar-refractivity contribution in [3.8, 4) is 5.75 Å². The Kier molecular flexibility index (Phi) is 5.15. The first-order chi connectivity index (χ1) is 8.69. The smallest absolute Gasteiger partial charge is 0.124 e. The summed E-state index contributed by atoms with van der Waals surface area (Å²) >= 11 is 14.1. The maximum absolute atomic E-state index is 5.92. The van der Waals surface area contributed by atoms with Crippen molar-refractivity contribution in [2.75, 3.05) is 0 Å². The van der Waals surface area contributed by atoms with E-state index >= 15 is 0 Å². The molecule has 0 N–H and O–H groups in total. The Morgan fingerprint density at radius 2 is 1.78 bits per heavy atom. The van der Waals surface area contributed by atoms with Crippen molar-refractivity contribution in [2.24, 2.45) is 0 Å². The minimum atomic E-state index is 0.391. The first kappa shape index (κ1) is 14.0. The van der Waals surface area contributed by atoms with Gasteiger partial charge in [0.2, 0.25) is 0 Å². The molecule has 2 aromatic rings. The summed E-state index contributed by atoms with van der Waals surface area (Å²) in [6.45, 7) is 0.530. The van der Waals surface area contributed by atoms with E-state index < -0.39 is 0 Å². The SMILES string of the molecule is ClCc1cc(Cl)ccc1OCc1ccc(I)cc1. The molecule has 0 bridgehead atoms. The summed E-state index contributed by atoms with van der Waals surface area (Å²) < 4.78 is 6.98. The molecule has 0 radical (unpaired) electrons. The molecular formula is C14H11Cl2IO. The summed E-state index contributed by atoms with van der Waals surface area (Å²) in [5.74, 6) is 1.18. The van der Waals surface area contributed by atoms with Crippen molar-refractivity contribution in [3.63, 3.8) is 0 Å². The van der Waals surface area contributed by atoms with Gasteiger partial charge in [0.25, 0.3) is 0 Å². The van der Waals surface area contributed by atoms with E-state index in [2.05, 4.69) is 46.9 Å². The molecule has 0 aliphatic carbocycles. The number of benzene rings is 2. The Balaban J connectivity index is 2.08. The lowest BCUT2D eigenvalue weighted by Gasteiger charge is -2.10. The zero-order chi connectivity index (χ0) is 13.0. The molecule has 0 heterocycles. The first-order valence-electron chi connectivity index (χ1n) is 5.40. The van der Waals surface area contributed by atoms with Crippen LogP contribution in [0.15, 0.2) is 42.5 Å². The van der Waals surface area contributed by atoms with E-state index in [0.717, 1.165) is 16.9 Å². The number of halogens is 3. The van der Waals surface area contributed by atoms with Crippen LogP contribution in [0.25, 0.3) is 0 Å². The number of rotatable bonds is 4. The third kappa shape index (κ3) is 3.77. The molecule has 0 amide bonds. The van der Waals surface area contributed by atoms with Crippen LogP contribution < -0.4 is 4.74 Å². The second-order valence-electron chi connectivity index (χ2n) is 3.80. The number of alkyl halides is 1. The standard InChI is InChI=1S/C14H11Cl2IO/c15-8-11-7-12(16)3-6-14(11)18-9-10-1-4-13(17)5-2-10/h1-7H,8-9H2. The number of ether oxygens (including phenoxy) is 1. The number of hydrogen-bond acceptors (Lipinski definition) is 1. The fraction of sp³-hybridized carbons (Fsp3) is 0.143. The number of hydrogen-bond donors (Lipinski definition) is 0. The van der Waals surface area contributed by atoms with Crippen LogP contribution in [0.5, 0.6) is 5.75 Å². The lowest BCUT2D eigenvalue weighted by molar-refractivity contribution is 0.304. The highest BCUT2D eigenvalue weighted by atomic mass is 127. The summed E-state index contributed by atoms with van der Waals surface area (Å²) in [5.41, 5.74) is 2.04. The van der Waals surface area contributed by atoms with Crippen LogP contribution in [-0.2, 0) is 12.5 Å². The van der Waals surface area contributed by atoms with Crippen molar-refractivity contribution in [1.29, 1.82) is 0 Å². The Bertz CT molecular complexity index is 526. The molecule has 0 atom stereocenters. The second-order valence-corrected chi connectivity index (χ2v) is 5.75. The van der Waals surface area contributed by atoms with Gasteiger partial charge in [-0.05, 0) is 58.5 Å². The largest absolute Gasteiger partial charge is 0.489 e. The van der Waals surface area contributed by atoms with Crippen LogP contribution >= 0.6 is 45.8 Å². The van der Waals surface area contributed by atoms with Crippen LogP contribution in [0.4, 0.5) is 0 Å². The molecule has 18 heavy (non-hydrogen) atoms. The summed E-state index contributed by atoms with van der Waals surface area (Å²) in [7, 11) is 0. The van der Waals surface area contributed by atoms with E-state index in [0.29, 0.717) is 17.5 Å². The van der Waals surface area contributed by atoms with Gasteiger partial charge in [-0.25, -0.2) is 0 Å². The third-order valence-corrected chi connectivity index (χ3v) is 3.72. The highest BCUT2D eigenvalue weighted by Crippen LogP contribution is 2.25. The molecule has 0 unspecified atom stereocenters. The van der Waals surface area contributed by atoms with Crippen molar-refractivity contribution in [2.45, 2.75) is 12.5 Å². The van der Waals surface area contributed by atoms with Crippen molar-refractivity contribution in [1.82, 2.24) is 0 Å². The quantitative estimate of drug-likeness (QED) is 0.509. The average Bonchev–Trinajstić information content (AvgIpc) is 2.39. The van der Waals surface area contributed by atoms with Gasteiger partial charge in [-0.15, -0.1) is 11.6 Å². The predicted octanol–water partition coefficient (Wildman–Crippen LogP) is 5.26. The normalized spacial score (nSPS) is 10.4. The molecule has 2 rings (SSSR count). The van der Waals surface area contributed by atoms with E-state index in [1.54, 1.807) is 6.07 Å². The van der Waals surface area contributed by atoms with E-state index in [1.807, 2.05) is 12.1 Å². The fourth-order valence-electron chi connectivity index (χ4n) is 1.53. The van der Waals surface area contributed by atoms with Crippen LogP contribution in [0, 0.1) is 3.57 Å². The van der Waals surface area contributed by atoms with Gasteiger partial charge in [0.1, 0.15) is 12.4 Å². The van der Waals surface area contributed by atoms with Gasteiger partial charge in [0, 0.05) is 14.2 Å². The van der Waals surface area contributed by atoms with Gasteiger partial charge in [0.15, 0.2) is 0 Å². The maximum atomic E-state index is 5.92. The third-order valence-electron chi connectivity index (χ3n) is 2.47. The van der Waals surface area contributed by atoms with Crippen molar-refractivity contribution in [3.05, 3.63) is 62.2 Å². The fourth-order valence-corrected chi connectivity index (χ4v) is 2.30. The molecule has 2 aromatic carbocycles. The van der Waals surface area contributed by atoms with Gasteiger partial charge in [-0.3, -0.25) is 0 Å². The van der Waals surface area contributed by atoms with Gasteiger partial charge in [0.05, 0.1) is 5.88 Å². The molecule has 0 fully saturated rings. The molecule has 4 heteroatoms. The average molecular weight is 393 g/mol. The molecule has 0 spiro atoms. The van der Waals surface area contributed by atoms with E-state index in [9.17, 15) is 0 Å². The summed E-state index contributed by atoms with van der Waals surface area (Å²) in [5, 5.41) is 0.673. The lowest BCUT2D eigenvalue weighted by atomic mass is 10.2. The van der Waals surface area contributed by atoms with Gasteiger partial charge in [-0.2, -0.15) is 0 Å². The summed E-state index contributed by atoms with van der Waals surface area (Å²) in [4.78, 5) is 0. The second kappa shape index (κ2) is 6.64. The van der Waals surface area contributed by atoms with Crippen LogP contribution in [0.2, 0.25) is 5.02 Å². The van der Waals surface area contributed by atoms with Gasteiger partial charge in [-0.1, -0.05) is 23.7 Å². The topological polar surface area (TPSA) is 9.23 Å². The lowest BCUT2D eigenvalue weighted by Crippen LogP contribution is -1.97. The summed E-state index contributed by atoms with van der Waals surface area (Å²) in [6, 6.07) is 13.7. The highest BCUT2D eigenvalue weighted by Gasteiger charge is 2.04. The zero-order valence-electron chi connectivity index (χ0n) is 9.50. The van der Waals surface area contributed by atoms with Crippen LogP contribution in [0.1, 0.15) is 11.1 Å². The highest BCUT2D eigenvalue weighted by molar-refractivity contribution is 14.1. The maximum Gasteiger partial charge on any atom is 0.124 e. The molecule has 0 aromatic heterocycles. The van der Waals surface area contributed by atoms with E-state index in [4.69, 9.17) is 27.9 Å². The van der Waals surface area contributed by atoms with Gasteiger partial charge >= 0.3 is 0 Å². The molecule has 0 aliphatic rings. The first-order valence-corrected chi connectivity index (χ1v) is 7.40. The molecule has 1 nitrogen and oxygen atoms in total. The monoisotopic (exact) mass is 392 g/mol. The Morgan fingerprint density at radius 1 is 1.06 bits per heavy atom. The van der Waals surface area contributed by atoms with Crippen LogP contribution in [0.3, 0.4) is 0 Å². The van der Waals surface area contributed by atoms with Crippen LogP contribution in [-0.4, -0.2) is 0 Å². The Hall–Kier alpha value is -0.450. The molecule has 94 valence electrons. The Labute approximate surface area is 130 Å². The van der Waals surface area contributed by atoms with Crippen molar-refractivity contribution < 1.29 is 4.74 Å². The molecule has 0 saturated carbocycles. The van der Waals surface area contributed by atoms with Gasteiger partial charge < -0.3 is 4.74 Å².